The summed E-state index contributed by atoms with van der Waals surface area (Å²) in [6.07, 6.45) is 1.63. The zero-order chi connectivity index (χ0) is 12.0. The predicted octanol–water partition coefficient (Wildman–Crippen LogP) is 1.13. The Hall–Kier alpha value is -1.42. The molecule has 1 heterocycles. The van der Waals surface area contributed by atoms with E-state index in [4.69, 9.17) is 5.73 Å². The fraction of sp³-hybridized carbons (Fsp3) is 0.500. The number of rotatable bonds is 5. The molecule has 0 aliphatic heterocycles. The molecule has 0 saturated heterocycles. The van der Waals surface area contributed by atoms with Crippen molar-refractivity contribution in [1.82, 2.24) is 10.3 Å². The lowest BCUT2D eigenvalue weighted by atomic mass is 10.1. The van der Waals surface area contributed by atoms with Gasteiger partial charge in [0.2, 0.25) is 5.91 Å². The first kappa shape index (κ1) is 12.6. The summed E-state index contributed by atoms with van der Waals surface area (Å²) in [5, 5.41) is 2.78. The van der Waals surface area contributed by atoms with Crippen LogP contribution in [-0.4, -0.2) is 16.9 Å². The van der Waals surface area contributed by atoms with Crippen LogP contribution >= 0.6 is 0 Å². The number of carbonyl (C=O) groups excluding carboxylic acids is 1. The molecule has 88 valence electrons. The highest BCUT2D eigenvalue weighted by molar-refractivity contribution is 5.81. The minimum absolute atomic E-state index is 0.106. The Morgan fingerprint density at radius 1 is 1.56 bits per heavy atom. The zero-order valence-corrected chi connectivity index (χ0v) is 9.86. The van der Waals surface area contributed by atoms with E-state index in [9.17, 15) is 4.79 Å². The van der Waals surface area contributed by atoms with Crippen LogP contribution in [0.1, 0.15) is 31.2 Å². The van der Waals surface area contributed by atoms with Gasteiger partial charge in [-0.2, -0.15) is 0 Å². The van der Waals surface area contributed by atoms with E-state index in [-0.39, 0.29) is 5.91 Å². The molecule has 4 nitrogen and oxygen atoms in total. The van der Waals surface area contributed by atoms with Crippen molar-refractivity contribution < 1.29 is 4.79 Å². The number of nitrogens with two attached hydrogens (primary N) is 1. The summed E-state index contributed by atoms with van der Waals surface area (Å²) >= 11 is 0. The maximum atomic E-state index is 11.5. The van der Waals surface area contributed by atoms with Crippen LogP contribution in [0.4, 0.5) is 0 Å². The number of carbonyl (C=O) groups is 1. The lowest BCUT2D eigenvalue weighted by Crippen LogP contribution is -2.40. The highest BCUT2D eigenvalue weighted by atomic mass is 16.2. The van der Waals surface area contributed by atoms with E-state index in [1.165, 1.54) is 0 Å². The van der Waals surface area contributed by atoms with Crippen molar-refractivity contribution in [3.8, 4) is 0 Å². The first-order chi connectivity index (χ1) is 7.63. The largest absolute Gasteiger partial charge is 0.349 e. The summed E-state index contributed by atoms with van der Waals surface area (Å²) in [6.45, 7) is 4.38. The van der Waals surface area contributed by atoms with Gasteiger partial charge in [-0.1, -0.05) is 19.4 Å². The van der Waals surface area contributed by atoms with Gasteiger partial charge in [0.1, 0.15) is 0 Å². The molecule has 0 spiro atoms. The minimum atomic E-state index is -0.408. The molecule has 0 fully saturated rings. The summed E-state index contributed by atoms with van der Waals surface area (Å²) in [7, 11) is 0. The fourth-order valence-electron chi connectivity index (χ4n) is 1.45. The summed E-state index contributed by atoms with van der Waals surface area (Å²) in [5.74, 6) is -0.106. The molecule has 1 rings (SSSR count). The first-order valence-corrected chi connectivity index (χ1v) is 5.59. The molecule has 0 saturated carbocycles. The van der Waals surface area contributed by atoms with Gasteiger partial charge in [0, 0.05) is 5.69 Å². The molecule has 16 heavy (non-hydrogen) atoms. The minimum Gasteiger partial charge on any atom is -0.349 e. The van der Waals surface area contributed by atoms with Gasteiger partial charge in [0.05, 0.1) is 18.3 Å². The lowest BCUT2D eigenvalue weighted by Gasteiger charge is -2.10. The second-order valence-corrected chi connectivity index (χ2v) is 3.88. The fourth-order valence-corrected chi connectivity index (χ4v) is 1.45. The quantitative estimate of drug-likeness (QED) is 0.783. The zero-order valence-electron chi connectivity index (χ0n) is 9.86. The van der Waals surface area contributed by atoms with Crippen LogP contribution in [0, 0.1) is 6.92 Å². The van der Waals surface area contributed by atoms with Gasteiger partial charge in [-0.3, -0.25) is 9.78 Å². The molecular weight excluding hydrogens is 202 g/mol. The van der Waals surface area contributed by atoms with E-state index < -0.39 is 6.04 Å². The monoisotopic (exact) mass is 221 g/mol. The van der Waals surface area contributed by atoms with E-state index in [1.54, 1.807) is 0 Å². The Balaban J connectivity index is 2.42. The number of nitrogens with one attached hydrogen (secondary N) is 1. The van der Waals surface area contributed by atoms with Crippen molar-refractivity contribution in [3.63, 3.8) is 0 Å². The highest BCUT2D eigenvalue weighted by Gasteiger charge is 2.11. The number of aryl methyl sites for hydroxylation is 1. The van der Waals surface area contributed by atoms with Gasteiger partial charge in [-0.05, 0) is 25.5 Å². The summed E-state index contributed by atoms with van der Waals surface area (Å²) in [4.78, 5) is 15.8. The molecule has 3 N–H and O–H groups in total. The van der Waals surface area contributed by atoms with Crippen LogP contribution in [0.3, 0.4) is 0 Å². The molecule has 1 unspecified atom stereocenters. The number of hydrogen-bond donors (Lipinski definition) is 2. The van der Waals surface area contributed by atoms with Crippen molar-refractivity contribution in [2.24, 2.45) is 5.73 Å². The standard InChI is InChI=1S/C12H19N3O/c1-3-5-11(13)12(16)14-8-10-7-4-6-9(2)15-10/h4,6-7,11H,3,5,8,13H2,1-2H3,(H,14,16). The first-order valence-electron chi connectivity index (χ1n) is 5.59. The molecule has 4 heteroatoms. The van der Waals surface area contributed by atoms with Crippen LogP contribution in [0.5, 0.6) is 0 Å². The molecule has 1 aromatic heterocycles. The third-order valence-corrected chi connectivity index (χ3v) is 2.33. The SMILES string of the molecule is CCCC(N)C(=O)NCc1cccc(C)n1. The van der Waals surface area contributed by atoms with Gasteiger partial charge >= 0.3 is 0 Å². The second kappa shape index (κ2) is 6.23. The van der Waals surface area contributed by atoms with Gasteiger partial charge in [0.25, 0.3) is 0 Å². The van der Waals surface area contributed by atoms with Crippen molar-refractivity contribution in [2.75, 3.05) is 0 Å². The molecule has 0 radical (unpaired) electrons. The number of hydrogen-bond acceptors (Lipinski definition) is 3. The van der Waals surface area contributed by atoms with Crippen LogP contribution < -0.4 is 11.1 Å². The maximum Gasteiger partial charge on any atom is 0.237 e. The van der Waals surface area contributed by atoms with Crippen LogP contribution in [0.25, 0.3) is 0 Å². The van der Waals surface area contributed by atoms with Gasteiger partial charge in [0.15, 0.2) is 0 Å². The summed E-state index contributed by atoms with van der Waals surface area (Å²) in [5.41, 5.74) is 7.50. The van der Waals surface area contributed by atoms with Gasteiger partial charge in [-0.25, -0.2) is 0 Å². The Labute approximate surface area is 96.3 Å². The van der Waals surface area contributed by atoms with E-state index in [0.717, 1.165) is 17.8 Å². The Bertz CT molecular complexity index is 352. The van der Waals surface area contributed by atoms with E-state index in [1.807, 2.05) is 32.0 Å². The van der Waals surface area contributed by atoms with E-state index in [0.29, 0.717) is 13.0 Å². The van der Waals surface area contributed by atoms with Gasteiger partial charge in [-0.15, -0.1) is 0 Å². The topological polar surface area (TPSA) is 68.0 Å². The third-order valence-electron chi connectivity index (χ3n) is 2.33. The van der Waals surface area contributed by atoms with Crippen molar-refractivity contribution >= 4 is 5.91 Å². The molecule has 1 amide bonds. The van der Waals surface area contributed by atoms with Crippen LogP contribution in [0.2, 0.25) is 0 Å². The van der Waals surface area contributed by atoms with Crippen molar-refractivity contribution in [2.45, 2.75) is 39.3 Å². The van der Waals surface area contributed by atoms with E-state index >= 15 is 0 Å². The number of nitrogens with zero attached hydrogens (tertiary/aromatic N) is 1. The summed E-state index contributed by atoms with van der Waals surface area (Å²) in [6, 6.07) is 5.33. The average molecular weight is 221 g/mol. The predicted molar refractivity (Wildman–Crippen MR) is 63.7 cm³/mol. The smallest absolute Gasteiger partial charge is 0.237 e. The van der Waals surface area contributed by atoms with Crippen molar-refractivity contribution in [3.05, 3.63) is 29.6 Å². The molecule has 0 aromatic carbocycles. The second-order valence-electron chi connectivity index (χ2n) is 3.88. The number of pyridine rings is 1. The molecule has 1 aromatic rings. The molecule has 1 atom stereocenters. The molecule has 0 bridgehead atoms. The normalized spacial score (nSPS) is 12.2. The molecule has 0 aliphatic carbocycles. The molecule has 0 aliphatic rings. The Morgan fingerprint density at radius 3 is 2.94 bits per heavy atom. The maximum absolute atomic E-state index is 11.5. The van der Waals surface area contributed by atoms with Crippen molar-refractivity contribution in [1.29, 1.82) is 0 Å². The van der Waals surface area contributed by atoms with Gasteiger partial charge < -0.3 is 11.1 Å². The number of amides is 1. The third kappa shape index (κ3) is 3.98. The Kier molecular flexibility index (Phi) is 4.92. The molecular formula is C12H19N3O. The van der Waals surface area contributed by atoms with E-state index in [2.05, 4.69) is 10.3 Å². The van der Waals surface area contributed by atoms with Crippen LogP contribution in [-0.2, 0) is 11.3 Å². The average Bonchev–Trinajstić information content (AvgIpc) is 2.26. The number of aromatic nitrogens is 1. The summed E-state index contributed by atoms with van der Waals surface area (Å²) < 4.78 is 0. The lowest BCUT2D eigenvalue weighted by molar-refractivity contribution is -0.122. The highest BCUT2D eigenvalue weighted by Crippen LogP contribution is 1.98. The Morgan fingerprint density at radius 2 is 2.31 bits per heavy atom. The van der Waals surface area contributed by atoms with Crippen LogP contribution in [0.15, 0.2) is 18.2 Å².